The SMILES string of the molecule is CC(C)COCC(O)CN(C)CC(=O)Nc1cccc(Cl)c1. The normalized spacial score (nSPS) is 12.7. The van der Waals surface area contributed by atoms with Crippen LogP contribution in [0.1, 0.15) is 13.8 Å². The van der Waals surface area contributed by atoms with E-state index in [0.29, 0.717) is 29.8 Å². The fraction of sp³-hybridized carbons (Fsp3) is 0.562. The average molecular weight is 329 g/mol. The predicted octanol–water partition coefficient (Wildman–Crippen LogP) is 2.24. The van der Waals surface area contributed by atoms with E-state index in [9.17, 15) is 9.90 Å². The van der Waals surface area contributed by atoms with E-state index in [4.69, 9.17) is 16.3 Å². The molecule has 22 heavy (non-hydrogen) atoms. The number of carbonyl (C=O) groups is 1. The molecule has 0 bridgehead atoms. The van der Waals surface area contributed by atoms with Crippen molar-refractivity contribution >= 4 is 23.2 Å². The van der Waals surface area contributed by atoms with Gasteiger partial charge in [-0.1, -0.05) is 31.5 Å². The average Bonchev–Trinajstić information content (AvgIpc) is 2.37. The topological polar surface area (TPSA) is 61.8 Å². The van der Waals surface area contributed by atoms with Crippen molar-refractivity contribution in [2.45, 2.75) is 20.0 Å². The molecule has 0 radical (unpaired) electrons. The molecule has 1 amide bonds. The highest BCUT2D eigenvalue weighted by atomic mass is 35.5. The largest absolute Gasteiger partial charge is 0.389 e. The lowest BCUT2D eigenvalue weighted by Gasteiger charge is -2.20. The number of nitrogens with zero attached hydrogens (tertiary/aromatic N) is 1. The third kappa shape index (κ3) is 8.34. The van der Waals surface area contributed by atoms with Crippen LogP contribution in [0.4, 0.5) is 5.69 Å². The number of hydrogen-bond donors (Lipinski definition) is 2. The number of benzene rings is 1. The molecule has 0 fully saturated rings. The van der Waals surface area contributed by atoms with E-state index < -0.39 is 6.10 Å². The fourth-order valence-electron chi connectivity index (χ4n) is 1.93. The van der Waals surface area contributed by atoms with Gasteiger partial charge in [0.2, 0.25) is 5.91 Å². The van der Waals surface area contributed by atoms with Gasteiger partial charge in [-0.25, -0.2) is 0 Å². The minimum atomic E-state index is -0.609. The molecular formula is C16H25ClN2O3. The zero-order chi connectivity index (χ0) is 16.5. The first kappa shape index (κ1) is 18.9. The Hall–Kier alpha value is -1.14. The molecule has 0 spiro atoms. The number of carbonyl (C=O) groups excluding carboxylic acids is 1. The summed E-state index contributed by atoms with van der Waals surface area (Å²) in [7, 11) is 1.78. The van der Waals surface area contributed by atoms with Gasteiger partial charge in [0.15, 0.2) is 0 Å². The van der Waals surface area contributed by atoms with Gasteiger partial charge in [-0.05, 0) is 31.2 Å². The Kier molecular flexibility index (Phi) is 8.42. The molecule has 5 nitrogen and oxygen atoms in total. The highest BCUT2D eigenvalue weighted by Gasteiger charge is 2.12. The number of likely N-dealkylation sites (N-methyl/N-ethyl adjacent to an activating group) is 1. The number of anilines is 1. The molecule has 0 aliphatic heterocycles. The van der Waals surface area contributed by atoms with Crippen LogP contribution in [0.2, 0.25) is 5.02 Å². The van der Waals surface area contributed by atoms with Gasteiger partial charge in [0, 0.05) is 23.9 Å². The summed E-state index contributed by atoms with van der Waals surface area (Å²) >= 11 is 5.86. The quantitative estimate of drug-likeness (QED) is 0.730. The van der Waals surface area contributed by atoms with Crippen LogP contribution in [0.25, 0.3) is 0 Å². The Bertz CT molecular complexity index is 468. The molecule has 0 aliphatic carbocycles. The maximum absolute atomic E-state index is 11.9. The van der Waals surface area contributed by atoms with Crippen molar-refractivity contribution in [3.05, 3.63) is 29.3 Å². The second-order valence-electron chi connectivity index (χ2n) is 5.84. The number of halogens is 1. The first-order valence-corrected chi connectivity index (χ1v) is 7.74. The summed E-state index contributed by atoms with van der Waals surface area (Å²) in [5.41, 5.74) is 0.659. The molecule has 2 N–H and O–H groups in total. The summed E-state index contributed by atoms with van der Waals surface area (Å²) in [6.07, 6.45) is -0.609. The molecule has 0 saturated carbocycles. The van der Waals surface area contributed by atoms with Gasteiger partial charge in [0.25, 0.3) is 0 Å². The summed E-state index contributed by atoms with van der Waals surface area (Å²) in [4.78, 5) is 13.7. The second-order valence-corrected chi connectivity index (χ2v) is 6.28. The number of nitrogens with one attached hydrogen (secondary N) is 1. The number of aliphatic hydroxyl groups excluding tert-OH is 1. The van der Waals surface area contributed by atoms with Crippen molar-refractivity contribution in [1.29, 1.82) is 0 Å². The third-order valence-corrected chi connectivity index (χ3v) is 3.04. The van der Waals surface area contributed by atoms with Gasteiger partial charge in [-0.3, -0.25) is 9.69 Å². The molecule has 0 aromatic heterocycles. The molecule has 1 rings (SSSR count). The molecule has 0 saturated heterocycles. The molecule has 0 heterocycles. The van der Waals surface area contributed by atoms with Crippen molar-refractivity contribution in [3.63, 3.8) is 0 Å². The van der Waals surface area contributed by atoms with Gasteiger partial charge in [0.05, 0.1) is 19.3 Å². The Morgan fingerprint density at radius 1 is 1.41 bits per heavy atom. The summed E-state index contributed by atoms with van der Waals surface area (Å²) in [5.74, 6) is 0.286. The maximum Gasteiger partial charge on any atom is 0.238 e. The van der Waals surface area contributed by atoms with Crippen molar-refractivity contribution in [2.75, 3.05) is 38.7 Å². The summed E-state index contributed by atoms with van der Waals surface area (Å²) in [5, 5.41) is 13.2. The van der Waals surface area contributed by atoms with Crippen LogP contribution in [-0.2, 0) is 9.53 Å². The van der Waals surface area contributed by atoms with Crippen molar-refractivity contribution in [1.82, 2.24) is 4.90 Å². The first-order valence-electron chi connectivity index (χ1n) is 7.36. The van der Waals surface area contributed by atoms with Gasteiger partial charge in [-0.15, -0.1) is 0 Å². The molecule has 6 heteroatoms. The van der Waals surface area contributed by atoms with E-state index in [2.05, 4.69) is 19.2 Å². The number of aliphatic hydroxyl groups is 1. The Morgan fingerprint density at radius 2 is 2.14 bits per heavy atom. The number of ether oxygens (including phenoxy) is 1. The predicted molar refractivity (Wildman–Crippen MR) is 89.2 cm³/mol. The minimum absolute atomic E-state index is 0.153. The van der Waals surface area contributed by atoms with Crippen LogP contribution in [0.5, 0.6) is 0 Å². The van der Waals surface area contributed by atoms with Crippen LogP contribution in [0, 0.1) is 5.92 Å². The van der Waals surface area contributed by atoms with E-state index in [1.807, 2.05) is 0 Å². The van der Waals surface area contributed by atoms with Gasteiger partial charge in [-0.2, -0.15) is 0 Å². The Labute approximate surface area is 137 Å². The van der Waals surface area contributed by atoms with E-state index in [0.717, 1.165) is 0 Å². The first-order chi connectivity index (χ1) is 10.4. The van der Waals surface area contributed by atoms with Gasteiger partial charge < -0.3 is 15.2 Å². The van der Waals surface area contributed by atoms with Gasteiger partial charge in [0.1, 0.15) is 0 Å². The van der Waals surface area contributed by atoms with Crippen LogP contribution in [0.15, 0.2) is 24.3 Å². The Morgan fingerprint density at radius 3 is 2.77 bits per heavy atom. The zero-order valence-electron chi connectivity index (χ0n) is 13.4. The maximum atomic E-state index is 11.9. The Balaban J connectivity index is 2.28. The molecular weight excluding hydrogens is 304 g/mol. The van der Waals surface area contributed by atoms with E-state index in [1.165, 1.54) is 0 Å². The van der Waals surface area contributed by atoms with E-state index in [1.54, 1.807) is 36.2 Å². The lowest BCUT2D eigenvalue weighted by atomic mass is 10.2. The lowest BCUT2D eigenvalue weighted by molar-refractivity contribution is -0.117. The standard InChI is InChI=1S/C16H25ClN2O3/c1-12(2)10-22-11-15(20)8-19(3)9-16(21)18-14-6-4-5-13(17)7-14/h4-7,12,15,20H,8-11H2,1-3H3,(H,18,21). The monoisotopic (exact) mass is 328 g/mol. The zero-order valence-corrected chi connectivity index (χ0v) is 14.1. The van der Waals surface area contributed by atoms with E-state index >= 15 is 0 Å². The minimum Gasteiger partial charge on any atom is -0.389 e. The van der Waals surface area contributed by atoms with E-state index in [-0.39, 0.29) is 19.1 Å². The van der Waals surface area contributed by atoms with Crippen LogP contribution < -0.4 is 5.32 Å². The fourth-order valence-corrected chi connectivity index (χ4v) is 2.12. The van der Waals surface area contributed by atoms with Crippen LogP contribution in [-0.4, -0.2) is 55.4 Å². The summed E-state index contributed by atoms with van der Waals surface area (Å²) < 4.78 is 5.38. The highest BCUT2D eigenvalue weighted by molar-refractivity contribution is 6.30. The molecule has 124 valence electrons. The second kappa shape index (κ2) is 9.79. The molecule has 1 atom stereocenters. The number of rotatable bonds is 9. The molecule has 1 aromatic carbocycles. The number of amides is 1. The molecule has 0 aliphatic rings. The summed E-state index contributed by atoms with van der Waals surface area (Å²) in [6, 6.07) is 6.99. The van der Waals surface area contributed by atoms with Crippen LogP contribution >= 0.6 is 11.6 Å². The number of hydrogen-bond acceptors (Lipinski definition) is 4. The summed E-state index contributed by atoms with van der Waals surface area (Å²) in [6.45, 7) is 5.57. The smallest absolute Gasteiger partial charge is 0.238 e. The third-order valence-electron chi connectivity index (χ3n) is 2.81. The highest BCUT2D eigenvalue weighted by Crippen LogP contribution is 2.14. The van der Waals surface area contributed by atoms with Gasteiger partial charge >= 0.3 is 0 Å². The van der Waals surface area contributed by atoms with Crippen molar-refractivity contribution in [2.24, 2.45) is 5.92 Å². The lowest BCUT2D eigenvalue weighted by Crippen LogP contribution is -2.37. The molecule has 1 unspecified atom stereocenters. The van der Waals surface area contributed by atoms with Crippen molar-refractivity contribution < 1.29 is 14.6 Å². The molecule has 1 aromatic rings. The van der Waals surface area contributed by atoms with Crippen LogP contribution in [0.3, 0.4) is 0 Å². The van der Waals surface area contributed by atoms with Crippen molar-refractivity contribution in [3.8, 4) is 0 Å².